The molecule has 0 aliphatic carbocycles. The van der Waals surface area contributed by atoms with Gasteiger partial charge in [-0.05, 0) is 44.4 Å². The van der Waals surface area contributed by atoms with E-state index in [9.17, 15) is 4.79 Å². The second-order valence-corrected chi connectivity index (χ2v) is 5.41. The van der Waals surface area contributed by atoms with Crippen molar-refractivity contribution in [2.45, 2.75) is 33.1 Å². The zero-order chi connectivity index (χ0) is 16.9. The van der Waals surface area contributed by atoms with Crippen LogP contribution >= 0.6 is 11.6 Å². The fourth-order valence-corrected chi connectivity index (χ4v) is 2.22. The lowest BCUT2D eigenvalue weighted by atomic mass is 10.1. The molecule has 0 saturated carbocycles. The predicted molar refractivity (Wildman–Crippen MR) is 95.0 cm³/mol. The van der Waals surface area contributed by atoms with Crippen LogP contribution in [0.2, 0.25) is 5.02 Å². The summed E-state index contributed by atoms with van der Waals surface area (Å²) in [5.41, 5.74) is 1.18. The number of hydrogen-bond acceptors (Lipinski definition) is 3. The molecule has 0 aromatic heterocycles. The summed E-state index contributed by atoms with van der Waals surface area (Å²) < 4.78 is 4.89. The molecule has 0 bridgehead atoms. The number of ether oxygens (including phenoxy) is 1. The van der Waals surface area contributed by atoms with Gasteiger partial charge in [-0.15, -0.1) is 0 Å². The van der Waals surface area contributed by atoms with Crippen molar-refractivity contribution in [1.82, 2.24) is 10.6 Å². The number of aliphatic imine (C=N–C) groups is 1. The molecule has 0 aliphatic heterocycles. The number of guanidine groups is 1. The summed E-state index contributed by atoms with van der Waals surface area (Å²) in [6, 6.07) is 7.84. The Labute approximate surface area is 143 Å². The van der Waals surface area contributed by atoms with E-state index in [1.165, 1.54) is 5.56 Å². The van der Waals surface area contributed by atoms with Crippen LogP contribution in [-0.2, 0) is 16.0 Å². The van der Waals surface area contributed by atoms with E-state index >= 15 is 0 Å². The molecule has 128 valence electrons. The molecular weight excluding hydrogens is 314 g/mol. The van der Waals surface area contributed by atoms with E-state index in [1.54, 1.807) is 0 Å². The van der Waals surface area contributed by atoms with Gasteiger partial charge in [-0.2, -0.15) is 0 Å². The van der Waals surface area contributed by atoms with E-state index in [1.807, 2.05) is 32.0 Å². The van der Waals surface area contributed by atoms with Crippen molar-refractivity contribution in [2.75, 3.05) is 26.2 Å². The van der Waals surface area contributed by atoms with Crippen LogP contribution in [-0.4, -0.2) is 38.2 Å². The highest BCUT2D eigenvalue weighted by molar-refractivity contribution is 6.30. The van der Waals surface area contributed by atoms with Gasteiger partial charge in [-0.3, -0.25) is 9.79 Å². The number of carbonyl (C=O) groups excluding carboxylic acids is 1. The topological polar surface area (TPSA) is 62.7 Å². The van der Waals surface area contributed by atoms with Crippen molar-refractivity contribution >= 4 is 23.5 Å². The number of nitrogens with one attached hydrogen (secondary N) is 2. The third-order valence-corrected chi connectivity index (χ3v) is 3.29. The van der Waals surface area contributed by atoms with Crippen LogP contribution in [0.25, 0.3) is 0 Å². The van der Waals surface area contributed by atoms with Crippen LogP contribution in [0.5, 0.6) is 0 Å². The summed E-state index contributed by atoms with van der Waals surface area (Å²) in [5.74, 6) is 0.597. The van der Waals surface area contributed by atoms with Crippen molar-refractivity contribution < 1.29 is 9.53 Å². The SMILES string of the molecule is CCNC(=NCCCC(=O)OCC)NCCc1cccc(Cl)c1. The van der Waals surface area contributed by atoms with E-state index < -0.39 is 0 Å². The van der Waals surface area contributed by atoms with Gasteiger partial charge >= 0.3 is 5.97 Å². The Morgan fingerprint density at radius 2 is 2.13 bits per heavy atom. The van der Waals surface area contributed by atoms with Crippen molar-refractivity contribution in [1.29, 1.82) is 0 Å². The number of esters is 1. The molecular formula is C17H26ClN3O2. The summed E-state index contributed by atoms with van der Waals surface area (Å²) >= 11 is 5.97. The van der Waals surface area contributed by atoms with Gasteiger partial charge in [0.2, 0.25) is 0 Å². The quantitative estimate of drug-likeness (QED) is 0.314. The highest BCUT2D eigenvalue weighted by atomic mass is 35.5. The Bertz CT molecular complexity index is 506. The van der Waals surface area contributed by atoms with Crippen LogP contribution < -0.4 is 10.6 Å². The first-order valence-electron chi connectivity index (χ1n) is 8.08. The van der Waals surface area contributed by atoms with E-state index in [-0.39, 0.29) is 5.97 Å². The third-order valence-electron chi connectivity index (χ3n) is 3.05. The average molecular weight is 340 g/mol. The van der Waals surface area contributed by atoms with Crippen LogP contribution in [0.4, 0.5) is 0 Å². The van der Waals surface area contributed by atoms with Gasteiger partial charge in [-0.25, -0.2) is 0 Å². The largest absolute Gasteiger partial charge is 0.466 e. The first kappa shape index (κ1) is 19.3. The predicted octanol–water partition coefficient (Wildman–Crippen LogP) is 2.78. The maximum absolute atomic E-state index is 11.3. The second-order valence-electron chi connectivity index (χ2n) is 4.98. The maximum Gasteiger partial charge on any atom is 0.305 e. The molecule has 0 heterocycles. The maximum atomic E-state index is 11.3. The average Bonchev–Trinajstić information content (AvgIpc) is 2.52. The van der Waals surface area contributed by atoms with E-state index in [0.29, 0.717) is 26.0 Å². The molecule has 0 aliphatic rings. The zero-order valence-electron chi connectivity index (χ0n) is 13.9. The third kappa shape index (κ3) is 9.08. The minimum absolute atomic E-state index is 0.165. The fourth-order valence-electron chi connectivity index (χ4n) is 2.01. The van der Waals surface area contributed by atoms with Gasteiger partial charge in [0, 0.05) is 31.1 Å². The first-order valence-corrected chi connectivity index (χ1v) is 8.45. The molecule has 0 fully saturated rings. The lowest BCUT2D eigenvalue weighted by molar-refractivity contribution is -0.143. The number of halogens is 1. The van der Waals surface area contributed by atoms with Crippen molar-refractivity contribution in [3.8, 4) is 0 Å². The van der Waals surface area contributed by atoms with Gasteiger partial charge < -0.3 is 15.4 Å². The van der Waals surface area contributed by atoms with Gasteiger partial charge in [0.05, 0.1) is 6.61 Å². The van der Waals surface area contributed by atoms with E-state index in [2.05, 4.69) is 21.7 Å². The number of rotatable bonds is 9. The molecule has 1 rings (SSSR count). The normalized spacial score (nSPS) is 11.2. The van der Waals surface area contributed by atoms with Crippen molar-refractivity contribution in [3.05, 3.63) is 34.9 Å². The molecule has 6 heteroatoms. The number of carbonyl (C=O) groups is 1. The molecule has 1 aromatic rings. The standard InChI is InChI=1S/C17H26ClN3O2/c1-3-19-17(20-11-6-9-16(22)23-4-2)21-12-10-14-7-5-8-15(18)13-14/h5,7-8,13H,3-4,6,9-12H2,1-2H3,(H2,19,20,21). The monoisotopic (exact) mass is 339 g/mol. The highest BCUT2D eigenvalue weighted by Gasteiger charge is 2.02. The van der Waals surface area contributed by atoms with Crippen LogP contribution in [0, 0.1) is 0 Å². The lowest BCUT2D eigenvalue weighted by Crippen LogP contribution is -2.38. The Hall–Kier alpha value is -1.75. The van der Waals surface area contributed by atoms with Gasteiger partial charge in [0.25, 0.3) is 0 Å². The molecule has 5 nitrogen and oxygen atoms in total. The second kappa shape index (κ2) is 11.8. The molecule has 0 amide bonds. The Balaban J connectivity index is 2.33. The Morgan fingerprint density at radius 1 is 1.30 bits per heavy atom. The minimum Gasteiger partial charge on any atom is -0.466 e. The van der Waals surface area contributed by atoms with Crippen LogP contribution in [0.1, 0.15) is 32.3 Å². The van der Waals surface area contributed by atoms with Gasteiger partial charge in [0.15, 0.2) is 5.96 Å². The summed E-state index contributed by atoms with van der Waals surface area (Å²) in [6.45, 7) is 6.40. The van der Waals surface area contributed by atoms with E-state index in [4.69, 9.17) is 16.3 Å². The van der Waals surface area contributed by atoms with Crippen LogP contribution in [0.3, 0.4) is 0 Å². The van der Waals surface area contributed by atoms with Crippen LogP contribution in [0.15, 0.2) is 29.3 Å². The Morgan fingerprint density at radius 3 is 2.83 bits per heavy atom. The summed E-state index contributed by atoms with van der Waals surface area (Å²) in [4.78, 5) is 15.7. The lowest BCUT2D eigenvalue weighted by Gasteiger charge is -2.11. The molecule has 23 heavy (non-hydrogen) atoms. The zero-order valence-corrected chi connectivity index (χ0v) is 14.7. The smallest absolute Gasteiger partial charge is 0.305 e. The molecule has 0 saturated heterocycles. The fraction of sp³-hybridized carbons (Fsp3) is 0.529. The van der Waals surface area contributed by atoms with Crippen molar-refractivity contribution in [2.24, 2.45) is 4.99 Å². The number of nitrogens with zero attached hydrogens (tertiary/aromatic N) is 1. The number of hydrogen-bond donors (Lipinski definition) is 2. The highest BCUT2D eigenvalue weighted by Crippen LogP contribution is 2.10. The van der Waals surface area contributed by atoms with Gasteiger partial charge in [0.1, 0.15) is 0 Å². The van der Waals surface area contributed by atoms with Gasteiger partial charge in [-0.1, -0.05) is 23.7 Å². The molecule has 1 aromatic carbocycles. The molecule has 0 unspecified atom stereocenters. The Kier molecular flexibility index (Phi) is 9.87. The first-order chi connectivity index (χ1) is 11.2. The summed E-state index contributed by atoms with van der Waals surface area (Å²) in [7, 11) is 0. The molecule has 0 radical (unpaired) electrons. The minimum atomic E-state index is -0.165. The summed E-state index contributed by atoms with van der Waals surface area (Å²) in [5, 5.41) is 7.22. The molecule has 0 spiro atoms. The van der Waals surface area contributed by atoms with Crippen molar-refractivity contribution in [3.63, 3.8) is 0 Å². The molecule has 2 N–H and O–H groups in total. The molecule has 0 atom stereocenters. The number of benzene rings is 1. The van der Waals surface area contributed by atoms with E-state index in [0.717, 1.165) is 30.5 Å². The summed E-state index contributed by atoms with van der Waals surface area (Å²) in [6.07, 6.45) is 1.96.